The van der Waals surface area contributed by atoms with Crippen molar-refractivity contribution in [3.63, 3.8) is 0 Å². The van der Waals surface area contributed by atoms with Crippen LogP contribution in [0.4, 0.5) is 10.1 Å². The predicted octanol–water partition coefficient (Wildman–Crippen LogP) is 1.50. The lowest BCUT2D eigenvalue weighted by molar-refractivity contribution is 0.0997. The number of nitrogens with two attached hydrogens (primary N) is 1. The van der Waals surface area contributed by atoms with Crippen LogP contribution in [0, 0.1) is 5.82 Å². The Bertz CT molecular complexity index is 456. The van der Waals surface area contributed by atoms with Crippen LogP contribution in [0.1, 0.15) is 29.6 Å². The van der Waals surface area contributed by atoms with Gasteiger partial charge in [0.05, 0.1) is 11.3 Å². The maximum absolute atomic E-state index is 13.8. The zero-order chi connectivity index (χ0) is 13.8. The van der Waals surface area contributed by atoms with Crippen molar-refractivity contribution in [1.82, 2.24) is 5.32 Å². The van der Waals surface area contributed by atoms with E-state index in [1.165, 1.54) is 6.07 Å². The number of benzene rings is 1. The summed E-state index contributed by atoms with van der Waals surface area (Å²) in [5, 5.41) is 3.34. The number of carbonyl (C=O) groups excluding carboxylic acids is 1. The minimum atomic E-state index is -0.716. The van der Waals surface area contributed by atoms with E-state index >= 15 is 0 Å². The molecule has 1 aliphatic heterocycles. The molecule has 0 aliphatic carbocycles. The van der Waals surface area contributed by atoms with E-state index in [0.717, 1.165) is 32.4 Å². The number of anilines is 1. The number of primary amides is 1. The smallest absolute Gasteiger partial charge is 0.253 e. The number of nitrogens with zero attached hydrogens (tertiary/aromatic N) is 1. The van der Waals surface area contributed by atoms with Gasteiger partial charge in [-0.3, -0.25) is 4.79 Å². The number of nitrogens with one attached hydrogen (secondary N) is 1. The fraction of sp³-hybridized carbons (Fsp3) is 0.500. The largest absolute Gasteiger partial charge is 0.371 e. The monoisotopic (exact) mass is 265 g/mol. The van der Waals surface area contributed by atoms with E-state index in [0.29, 0.717) is 11.7 Å². The summed E-state index contributed by atoms with van der Waals surface area (Å²) in [6, 6.07) is 4.94. The average Bonchev–Trinajstić information content (AvgIpc) is 2.66. The Morgan fingerprint density at radius 3 is 2.95 bits per heavy atom. The highest BCUT2D eigenvalue weighted by molar-refractivity contribution is 5.99. The molecule has 1 unspecified atom stereocenters. The molecule has 19 heavy (non-hydrogen) atoms. The van der Waals surface area contributed by atoms with Gasteiger partial charge in [0.25, 0.3) is 5.91 Å². The first kappa shape index (κ1) is 13.8. The van der Waals surface area contributed by atoms with Crippen LogP contribution < -0.4 is 16.0 Å². The molecule has 1 heterocycles. The number of carbonyl (C=O) groups is 1. The highest BCUT2D eigenvalue weighted by Crippen LogP contribution is 2.26. The molecule has 0 saturated carbocycles. The zero-order valence-electron chi connectivity index (χ0n) is 11.2. The Morgan fingerprint density at radius 2 is 2.21 bits per heavy atom. The lowest BCUT2D eigenvalue weighted by Gasteiger charge is -2.30. The number of rotatable bonds is 3. The Balaban J connectivity index is 2.29. The summed E-state index contributed by atoms with van der Waals surface area (Å²) in [7, 11) is 1.90. The van der Waals surface area contributed by atoms with E-state index in [1.807, 2.05) is 11.9 Å². The third-order valence-electron chi connectivity index (χ3n) is 3.71. The molecule has 104 valence electrons. The van der Waals surface area contributed by atoms with Crippen molar-refractivity contribution in [3.8, 4) is 0 Å². The van der Waals surface area contributed by atoms with Gasteiger partial charge in [-0.25, -0.2) is 4.39 Å². The molecule has 0 bridgehead atoms. The maximum Gasteiger partial charge on any atom is 0.253 e. The van der Waals surface area contributed by atoms with Crippen molar-refractivity contribution in [2.24, 2.45) is 5.73 Å². The fourth-order valence-electron chi connectivity index (χ4n) is 2.64. The van der Waals surface area contributed by atoms with Crippen molar-refractivity contribution in [2.45, 2.75) is 25.3 Å². The van der Waals surface area contributed by atoms with E-state index in [9.17, 15) is 9.18 Å². The van der Waals surface area contributed by atoms with Crippen molar-refractivity contribution in [1.29, 1.82) is 0 Å². The third-order valence-corrected chi connectivity index (χ3v) is 3.71. The van der Waals surface area contributed by atoms with Crippen molar-refractivity contribution in [3.05, 3.63) is 29.6 Å². The SMILES string of the molecule is CN(c1cccc(F)c1C(N)=O)C1CCCNCC1. The molecule has 0 aromatic heterocycles. The van der Waals surface area contributed by atoms with E-state index in [4.69, 9.17) is 5.73 Å². The summed E-state index contributed by atoms with van der Waals surface area (Å²) in [5.41, 5.74) is 5.87. The quantitative estimate of drug-likeness (QED) is 0.871. The van der Waals surface area contributed by atoms with Gasteiger partial charge in [0.1, 0.15) is 5.82 Å². The maximum atomic E-state index is 13.8. The Hall–Kier alpha value is -1.62. The molecule has 4 nitrogen and oxygen atoms in total. The molecule has 0 radical (unpaired) electrons. The highest BCUT2D eigenvalue weighted by Gasteiger charge is 2.22. The van der Waals surface area contributed by atoms with Crippen LogP contribution in [-0.4, -0.2) is 32.1 Å². The lowest BCUT2D eigenvalue weighted by Crippen LogP contribution is -2.34. The van der Waals surface area contributed by atoms with E-state index in [2.05, 4.69) is 5.32 Å². The van der Waals surface area contributed by atoms with Crippen molar-refractivity contribution < 1.29 is 9.18 Å². The molecule has 1 fully saturated rings. The summed E-state index contributed by atoms with van der Waals surface area (Å²) in [6.07, 6.45) is 3.08. The Kier molecular flexibility index (Phi) is 4.37. The summed E-state index contributed by atoms with van der Waals surface area (Å²) in [6.45, 7) is 1.95. The molecule has 1 atom stereocenters. The van der Waals surface area contributed by atoms with Gasteiger partial charge in [0.2, 0.25) is 0 Å². The Morgan fingerprint density at radius 1 is 1.42 bits per heavy atom. The second kappa shape index (κ2) is 6.02. The highest BCUT2D eigenvalue weighted by atomic mass is 19.1. The molecule has 1 aromatic carbocycles. The molecule has 1 aliphatic rings. The fourth-order valence-corrected chi connectivity index (χ4v) is 2.64. The normalized spacial score (nSPS) is 19.8. The number of amides is 1. The van der Waals surface area contributed by atoms with Crippen LogP contribution >= 0.6 is 0 Å². The Labute approximate surface area is 112 Å². The molecule has 1 amide bonds. The lowest BCUT2D eigenvalue weighted by atomic mass is 10.0. The average molecular weight is 265 g/mol. The van der Waals surface area contributed by atoms with Gasteiger partial charge in [0, 0.05) is 13.1 Å². The first-order valence-corrected chi connectivity index (χ1v) is 6.63. The van der Waals surface area contributed by atoms with Crippen LogP contribution in [0.5, 0.6) is 0 Å². The van der Waals surface area contributed by atoms with Crippen LogP contribution in [0.25, 0.3) is 0 Å². The van der Waals surface area contributed by atoms with Crippen LogP contribution in [-0.2, 0) is 0 Å². The molecule has 5 heteroatoms. The van der Waals surface area contributed by atoms with Gasteiger partial charge in [0.15, 0.2) is 0 Å². The molecular formula is C14H20FN3O. The number of halogens is 1. The van der Waals surface area contributed by atoms with Gasteiger partial charge in [-0.05, 0) is 44.5 Å². The van der Waals surface area contributed by atoms with Crippen LogP contribution in [0.15, 0.2) is 18.2 Å². The van der Waals surface area contributed by atoms with E-state index in [1.54, 1.807) is 12.1 Å². The predicted molar refractivity (Wildman–Crippen MR) is 73.8 cm³/mol. The van der Waals surface area contributed by atoms with E-state index < -0.39 is 11.7 Å². The van der Waals surface area contributed by atoms with Gasteiger partial charge in [-0.2, -0.15) is 0 Å². The van der Waals surface area contributed by atoms with Gasteiger partial charge in [-0.15, -0.1) is 0 Å². The summed E-state index contributed by atoms with van der Waals surface area (Å²) in [4.78, 5) is 13.4. The first-order chi connectivity index (χ1) is 9.11. The van der Waals surface area contributed by atoms with Crippen LogP contribution in [0.2, 0.25) is 0 Å². The standard InChI is InChI=1S/C14H20FN3O/c1-18(10-4-3-8-17-9-7-10)12-6-2-5-11(15)13(12)14(16)19/h2,5-6,10,17H,3-4,7-9H2,1H3,(H2,16,19). The molecule has 1 saturated heterocycles. The molecule has 3 N–H and O–H groups in total. The molecule has 2 rings (SSSR count). The van der Waals surface area contributed by atoms with Crippen LogP contribution in [0.3, 0.4) is 0 Å². The van der Waals surface area contributed by atoms with Crippen molar-refractivity contribution in [2.75, 3.05) is 25.0 Å². The minimum absolute atomic E-state index is 0.0118. The summed E-state index contributed by atoms with van der Waals surface area (Å²) >= 11 is 0. The summed E-state index contributed by atoms with van der Waals surface area (Å²) in [5.74, 6) is -1.27. The minimum Gasteiger partial charge on any atom is -0.371 e. The van der Waals surface area contributed by atoms with Gasteiger partial charge < -0.3 is 16.0 Å². The summed E-state index contributed by atoms with van der Waals surface area (Å²) < 4.78 is 13.8. The van der Waals surface area contributed by atoms with Gasteiger partial charge >= 0.3 is 0 Å². The topological polar surface area (TPSA) is 58.4 Å². The van der Waals surface area contributed by atoms with Crippen molar-refractivity contribution >= 4 is 11.6 Å². The molecular weight excluding hydrogens is 245 g/mol. The zero-order valence-corrected chi connectivity index (χ0v) is 11.2. The number of hydrogen-bond donors (Lipinski definition) is 2. The second-order valence-electron chi connectivity index (χ2n) is 4.94. The molecule has 0 spiro atoms. The third kappa shape index (κ3) is 3.04. The number of hydrogen-bond acceptors (Lipinski definition) is 3. The van der Waals surface area contributed by atoms with E-state index in [-0.39, 0.29) is 5.56 Å². The first-order valence-electron chi connectivity index (χ1n) is 6.63. The second-order valence-corrected chi connectivity index (χ2v) is 4.94. The molecule has 1 aromatic rings. The van der Waals surface area contributed by atoms with Gasteiger partial charge in [-0.1, -0.05) is 6.07 Å².